The van der Waals surface area contributed by atoms with Gasteiger partial charge < -0.3 is 14.5 Å². The quantitative estimate of drug-likeness (QED) is 0.287. The van der Waals surface area contributed by atoms with E-state index >= 15 is 0 Å². The average Bonchev–Trinajstić information content (AvgIpc) is 2.52. The first-order valence-electron chi connectivity index (χ1n) is 6.72. The molecule has 1 aromatic carbocycles. The SMILES string of the molecule is COCCNC(=S)N/N=C(/C)c1cc2ccccc2oc1=O. The Morgan fingerprint density at radius 1 is 1.41 bits per heavy atom. The molecule has 22 heavy (non-hydrogen) atoms. The summed E-state index contributed by atoms with van der Waals surface area (Å²) < 4.78 is 10.2. The maximum atomic E-state index is 12.0. The summed E-state index contributed by atoms with van der Waals surface area (Å²) in [6, 6.07) is 9.08. The van der Waals surface area contributed by atoms with Crippen LogP contribution in [-0.2, 0) is 4.74 Å². The molecule has 0 saturated carbocycles. The average molecular weight is 319 g/mol. The van der Waals surface area contributed by atoms with Gasteiger partial charge in [0.25, 0.3) is 0 Å². The number of thiocarbonyl (C=S) groups is 1. The van der Waals surface area contributed by atoms with Crippen LogP contribution in [0.3, 0.4) is 0 Å². The maximum absolute atomic E-state index is 12.0. The van der Waals surface area contributed by atoms with Crippen molar-refractivity contribution < 1.29 is 9.15 Å². The molecule has 0 spiro atoms. The van der Waals surface area contributed by atoms with Crippen LogP contribution in [-0.4, -0.2) is 31.1 Å². The van der Waals surface area contributed by atoms with Crippen LogP contribution in [0.1, 0.15) is 12.5 Å². The van der Waals surface area contributed by atoms with Gasteiger partial charge in [0.05, 0.1) is 17.9 Å². The van der Waals surface area contributed by atoms with Crippen molar-refractivity contribution in [2.75, 3.05) is 20.3 Å². The number of nitrogens with zero attached hydrogens (tertiary/aromatic N) is 1. The fourth-order valence-electron chi connectivity index (χ4n) is 1.82. The molecule has 0 atom stereocenters. The number of fused-ring (bicyclic) bond motifs is 1. The molecule has 0 amide bonds. The van der Waals surface area contributed by atoms with Crippen molar-refractivity contribution in [1.29, 1.82) is 0 Å². The number of nitrogens with one attached hydrogen (secondary N) is 2. The molecule has 2 aromatic rings. The highest BCUT2D eigenvalue weighted by molar-refractivity contribution is 7.80. The first kappa shape index (κ1) is 16.1. The van der Waals surface area contributed by atoms with Crippen molar-refractivity contribution in [3.05, 3.63) is 46.3 Å². The Kier molecular flexibility index (Phi) is 5.62. The number of rotatable bonds is 5. The lowest BCUT2D eigenvalue weighted by Gasteiger charge is -2.07. The minimum atomic E-state index is -0.431. The molecule has 2 N–H and O–H groups in total. The third-order valence-corrected chi connectivity index (χ3v) is 3.18. The summed E-state index contributed by atoms with van der Waals surface area (Å²) in [5.41, 5.74) is 3.70. The van der Waals surface area contributed by atoms with Gasteiger partial charge in [-0.1, -0.05) is 18.2 Å². The lowest BCUT2D eigenvalue weighted by molar-refractivity contribution is 0.204. The van der Waals surface area contributed by atoms with Gasteiger partial charge in [0, 0.05) is 19.0 Å². The van der Waals surface area contributed by atoms with Gasteiger partial charge in [-0.2, -0.15) is 5.10 Å². The highest BCUT2D eigenvalue weighted by Crippen LogP contribution is 2.12. The fraction of sp³-hybridized carbons (Fsp3) is 0.267. The largest absolute Gasteiger partial charge is 0.422 e. The summed E-state index contributed by atoms with van der Waals surface area (Å²) in [7, 11) is 1.61. The van der Waals surface area contributed by atoms with Gasteiger partial charge in [0.15, 0.2) is 5.11 Å². The van der Waals surface area contributed by atoms with Crippen molar-refractivity contribution in [2.45, 2.75) is 6.92 Å². The summed E-state index contributed by atoms with van der Waals surface area (Å²) in [4.78, 5) is 12.0. The Bertz CT molecular complexity index is 755. The van der Waals surface area contributed by atoms with E-state index in [2.05, 4.69) is 15.8 Å². The number of benzene rings is 1. The second kappa shape index (κ2) is 7.67. The lowest BCUT2D eigenvalue weighted by atomic mass is 10.1. The Balaban J connectivity index is 2.13. The monoisotopic (exact) mass is 319 g/mol. The smallest absolute Gasteiger partial charge is 0.345 e. The lowest BCUT2D eigenvalue weighted by Crippen LogP contribution is -2.34. The Morgan fingerprint density at radius 2 is 2.18 bits per heavy atom. The predicted molar refractivity (Wildman–Crippen MR) is 90.3 cm³/mol. The molecular weight excluding hydrogens is 302 g/mol. The molecule has 0 fully saturated rings. The van der Waals surface area contributed by atoms with Crippen LogP contribution in [0, 0.1) is 0 Å². The van der Waals surface area contributed by atoms with Crippen molar-refractivity contribution in [3.63, 3.8) is 0 Å². The molecule has 116 valence electrons. The summed E-state index contributed by atoms with van der Waals surface area (Å²) in [5, 5.41) is 8.23. The molecule has 0 bridgehead atoms. The number of hydrazone groups is 1. The van der Waals surface area contributed by atoms with Gasteiger partial charge in [-0.05, 0) is 31.3 Å². The van der Waals surface area contributed by atoms with E-state index in [1.54, 1.807) is 26.2 Å². The molecule has 7 heteroatoms. The summed E-state index contributed by atoms with van der Waals surface area (Å²) in [6.07, 6.45) is 0. The highest BCUT2D eigenvalue weighted by atomic mass is 32.1. The first-order chi connectivity index (χ1) is 10.6. The molecule has 0 aliphatic heterocycles. The van der Waals surface area contributed by atoms with Crippen LogP contribution >= 0.6 is 12.2 Å². The van der Waals surface area contributed by atoms with E-state index in [-0.39, 0.29) is 0 Å². The molecule has 1 aromatic heterocycles. The van der Waals surface area contributed by atoms with E-state index < -0.39 is 5.63 Å². The number of para-hydroxylation sites is 1. The van der Waals surface area contributed by atoms with Gasteiger partial charge in [0.1, 0.15) is 5.58 Å². The predicted octanol–water partition coefficient (Wildman–Crippen LogP) is 1.63. The third kappa shape index (κ3) is 4.12. The summed E-state index contributed by atoms with van der Waals surface area (Å²) in [5.74, 6) is 0. The second-order valence-electron chi connectivity index (χ2n) is 4.54. The zero-order valence-electron chi connectivity index (χ0n) is 12.4. The van der Waals surface area contributed by atoms with E-state index in [9.17, 15) is 4.79 Å². The number of methoxy groups -OCH3 is 1. The van der Waals surface area contributed by atoms with E-state index in [4.69, 9.17) is 21.4 Å². The number of hydrogen-bond donors (Lipinski definition) is 2. The molecular formula is C15H17N3O3S. The zero-order chi connectivity index (χ0) is 15.9. The summed E-state index contributed by atoms with van der Waals surface area (Å²) in [6.45, 7) is 2.83. The Morgan fingerprint density at radius 3 is 2.95 bits per heavy atom. The molecule has 0 aliphatic carbocycles. The maximum Gasteiger partial charge on any atom is 0.345 e. The zero-order valence-corrected chi connectivity index (χ0v) is 13.2. The standard InChI is InChI=1S/C15H17N3O3S/c1-10(17-18-15(22)16-7-8-20-2)12-9-11-5-3-4-6-13(11)21-14(12)19/h3-6,9H,7-8H2,1-2H3,(H2,16,18,22)/b17-10-. The number of ether oxygens (including phenoxy) is 1. The molecule has 0 radical (unpaired) electrons. The van der Waals surface area contributed by atoms with Crippen LogP contribution in [0.5, 0.6) is 0 Å². The van der Waals surface area contributed by atoms with Crippen LogP contribution in [0.2, 0.25) is 0 Å². The third-order valence-electron chi connectivity index (χ3n) is 2.95. The van der Waals surface area contributed by atoms with Crippen LogP contribution in [0.15, 0.2) is 44.6 Å². The minimum Gasteiger partial charge on any atom is -0.422 e. The van der Waals surface area contributed by atoms with Gasteiger partial charge in [-0.3, -0.25) is 5.43 Å². The molecule has 0 unspecified atom stereocenters. The van der Waals surface area contributed by atoms with Crippen LogP contribution in [0.4, 0.5) is 0 Å². The van der Waals surface area contributed by atoms with E-state index in [0.717, 1.165) is 5.39 Å². The fourth-order valence-corrected chi connectivity index (χ4v) is 1.96. The second-order valence-corrected chi connectivity index (χ2v) is 4.95. The molecule has 2 rings (SSSR count). The van der Waals surface area contributed by atoms with Crippen molar-refractivity contribution >= 4 is 34.0 Å². The Labute approximate surface area is 133 Å². The minimum absolute atomic E-state index is 0.363. The molecule has 0 saturated heterocycles. The van der Waals surface area contributed by atoms with Crippen molar-refractivity contribution in [3.8, 4) is 0 Å². The van der Waals surface area contributed by atoms with Gasteiger partial charge >= 0.3 is 5.63 Å². The van der Waals surface area contributed by atoms with Gasteiger partial charge in [0.2, 0.25) is 0 Å². The van der Waals surface area contributed by atoms with Gasteiger partial charge in [-0.15, -0.1) is 0 Å². The van der Waals surface area contributed by atoms with E-state index in [1.165, 1.54) is 0 Å². The normalized spacial score (nSPS) is 11.5. The van der Waals surface area contributed by atoms with E-state index in [1.807, 2.05) is 18.2 Å². The summed E-state index contributed by atoms with van der Waals surface area (Å²) >= 11 is 5.06. The van der Waals surface area contributed by atoms with Crippen molar-refractivity contribution in [1.82, 2.24) is 10.7 Å². The molecule has 1 heterocycles. The molecule has 0 aliphatic rings. The Hall–Kier alpha value is -2.25. The van der Waals surface area contributed by atoms with Gasteiger partial charge in [-0.25, -0.2) is 4.79 Å². The van der Waals surface area contributed by atoms with E-state index in [0.29, 0.717) is 35.1 Å². The number of hydrogen-bond acceptors (Lipinski definition) is 5. The van der Waals surface area contributed by atoms with Crippen molar-refractivity contribution in [2.24, 2.45) is 5.10 Å². The first-order valence-corrected chi connectivity index (χ1v) is 7.13. The van der Waals surface area contributed by atoms with Crippen LogP contribution < -0.4 is 16.4 Å². The van der Waals surface area contributed by atoms with Crippen LogP contribution in [0.25, 0.3) is 11.0 Å². The topological polar surface area (TPSA) is 75.9 Å². The molecule has 6 nitrogen and oxygen atoms in total. The highest BCUT2D eigenvalue weighted by Gasteiger charge is 2.08.